The third kappa shape index (κ3) is 3.84. The first-order chi connectivity index (χ1) is 17.2. The number of urea groups is 1. The maximum absolute atomic E-state index is 14.4. The van der Waals surface area contributed by atoms with Crippen molar-refractivity contribution in [3.8, 4) is 5.88 Å². The molecule has 188 valence electrons. The van der Waals surface area contributed by atoms with Gasteiger partial charge < -0.3 is 10.1 Å². The number of anilines is 2. The maximum Gasteiger partial charge on any atom is 0.355 e. The second-order valence-electron chi connectivity index (χ2n) is 10.2. The van der Waals surface area contributed by atoms with Crippen LogP contribution in [0.15, 0.2) is 51.9 Å². The Bertz CT molecular complexity index is 1490. The van der Waals surface area contributed by atoms with Gasteiger partial charge in [-0.1, -0.05) is 24.3 Å². The number of amides is 2. The number of ether oxygens (including phenoxy) is 1. The highest BCUT2D eigenvalue weighted by molar-refractivity contribution is 7.95. The summed E-state index contributed by atoms with van der Waals surface area (Å²) in [7, 11) is -3.53. The number of carbonyl (C=O) groups excluding carboxylic acids is 1. The number of fused-ring (bicyclic) bond motifs is 3. The second kappa shape index (κ2) is 8.33. The van der Waals surface area contributed by atoms with Crippen LogP contribution in [0.25, 0.3) is 0 Å². The van der Waals surface area contributed by atoms with Crippen molar-refractivity contribution in [2.45, 2.75) is 62.6 Å². The molecule has 1 aromatic heterocycles. The van der Waals surface area contributed by atoms with Gasteiger partial charge in [0.25, 0.3) is 0 Å². The number of rotatable bonds is 4. The number of carbonyl (C=O) groups is 1. The van der Waals surface area contributed by atoms with Crippen molar-refractivity contribution in [3.05, 3.63) is 64.8 Å². The fourth-order valence-corrected chi connectivity index (χ4v) is 6.93. The van der Waals surface area contributed by atoms with Crippen LogP contribution in [-0.2, 0) is 41.1 Å². The van der Waals surface area contributed by atoms with Crippen LogP contribution < -0.4 is 14.8 Å². The van der Waals surface area contributed by atoms with Gasteiger partial charge in [-0.2, -0.15) is 5.10 Å². The van der Waals surface area contributed by atoms with E-state index in [1.54, 1.807) is 28.9 Å². The fourth-order valence-electron chi connectivity index (χ4n) is 5.37. The molecule has 3 aliphatic rings. The lowest BCUT2D eigenvalue weighted by atomic mass is 9.99. The molecule has 0 spiro atoms. The van der Waals surface area contributed by atoms with E-state index < -0.39 is 27.7 Å². The number of hydrogen-bond acceptors (Lipinski definition) is 4. The molecule has 2 aromatic carbocycles. The minimum atomic E-state index is -3.53. The molecule has 6 rings (SSSR count). The smallest absolute Gasteiger partial charge is 0.355 e. The summed E-state index contributed by atoms with van der Waals surface area (Å²) in [5, 5.41) is 7.28. The topological polar surface area (TPSA) is 97.6 Å². The Morgan fingerprint density at radius 3 is 2.81 bits per heavy atom. The Morgan fingerprint density at radius 1 is 1.19 bits per heavy atom. The zero-order valence-corrected chi connectivity index (χ0v) is 21.0. The number of aryl methyl sites for hydroxylation is 1. The van der Waals surface area contributed by atoms with Gasteiger partial charge >= 0.3 is 6.03 Å². The molecule has 10 heteroatoms. The van der Waals surface area contributed by atoms with Gasteiger partial charge in [0.1, 0.15) is 17.7 Å². The molecule has 1 aliphatic heterocycles. The summed E-state index contributed by atoms with van der Waals surface area (Å²) >= 11 is 0. The van der Waals surface area contributed by atoms with E-state index in [9.17, 15) is 13.4 Å². The Balaban J connectivity index is 1.42. The Hall–Kier alpha value is -3.40. The molecule has 2 atom stereocenters. The van der Waals surface area contributed by atoms with Crippen molar-refractivity contribution in [1.29, 1.82) is 0 Å². The monoisotopic (exact) mass is 509 g/mol. The van der Waals surface area contributed by atoms with Gasteiger partial charge in [-0.3, -0.25) is 4.72 Å². The first-order valence-electron chi connectivity index (χ1n) is 12.2. The Labute approximate surface area is 209 Å². The molecular formula is C26H28FN5O3S. The minimum absolute atomic E-state index is 0.208. The number of alkyl halides is 1. The van der Waals surface area contributed by atoms with E-state index >= 15 is 0 Å². The van der Waals surface area contributed by atoms with Gasteiger partial charge in [-0.05, 0) is 67.5 Å². The van der Waals surface area contributed by atoms with Crippen LogP contribution in [0.4, 0.5) is 20.6 Å². The second-order valence-corrected chi connectivity index (χ2v) is 12.1. The number of nitrogens with zero attached hydrogens (tertiary/aromatic N) is 3. The average Bonchev–Trinajstić information content (AvgIpc) is 3.59. The number of para-hydroxylation sites is 1. The zero-order chi connectivity index (χ0) is 25.1. The first-order valence-corrected chi connectivity index (χ1v) is 13.7. The van der Waals surface area contributed by atoms with Crippen molar-refractivity contribution < 1.29 is 18.1 Å². The number of hydrogen-bond donors (Lipinski definition) is 2. The van der Waals surface area contributed by atoms with Crippen molar-refractivity contribution in [2.75, 3.05) is 16.6 Å². The third-order valence-corrected chi connectivity index (χ3v) is 8.88. The lowest BCUT2D eigenvalue weighted by molar-refractivity contribution is 0.259. The summed E-state index contributed by atoms with van der Waals surface area (Å²) in [6.45, 7) is 4.29. The van der Waals surface area contributed by atoms with Crippen LogP contribution in [0.1, 0.15) is 42.5 Å². The Kier molecular flexibility index (Phi) is 5.33. The molecule has 2 amide bonds. The van der Waals surface area contributed by atoms with Crippen molar-refractivity contribution in [1.82, 2.24) is 9.78 Å². The molecule has 1 unspecified atom stereocenters. The van der Waals surface area contributed by atoms with Crippen molar-refractivity contribution in [3.63, 3.8) is 0 Å². The molecule has 0 saturated heterocycles. The summed E-state index contributed by atoms with van der Waals surface area (Å²) < 4.78 is 43.3. The van der Waals surface area contributed by atoms with Crippen LogP contribution >= 0.6 is 0 Å². The van der Waals surface area contributed by atoms with Gasteiger partial charge in [0.05, 0.1) is 11.7 Å². The number of halogens is 1. The van der Waals surface area contributed by atoms with Gasteiger partial charge in [0.2, 0.25) is 5.88 Å². The molecule has 36 heavy (non-hydrogen) atoms. The van der Waals surface area contributed by atoms with Crippen LogP contribution in [0.5, 0.6) is 5.88 Å². The summed E-state index contributed by atoms with van der Waals surface area (Å²) in [5.74, 6) is 0.326. The molecule has 3 aromatic rings. The van der Waals surface area contributed by atoms with E-state index in [0.29, 0.717) is 30.3 Å². The number of nitrogens with one attached hydrogen (secondary N) is 2. The summed E-state index contributed by atoms with van der Waals surface area (Å²) in [6, 6.07) is 10.3. The van der Waals surface area contributed by atoms with E-state index in [1.807, 2.05) is 19.9 Å². The largest absolute Gasteiger partial charge is 0.474 e. The molecule has 0 fully saturated rings. The van der Waals surface area contributed by atoms with Crippen LogP contribution in [-0.4, -0.2) is 32.8 Å². The van der Waals surface area contributed by atoms with E-state index in [0.717, 1.165) is 41.5 Å². The van der Waals surface area contributed by atoms with E-state index in [4.69, 9.17) is 4.74 Å². The van der Waals surface area contributed by atoms with E-state index in [1.165, 1.54) is 6.20 Å². The molecular weight excluding hydrogens is 481 g/mol. The normalized spacial score (nSPS) is 20.6. The first kappa shape index (κ1) is 23.0. The quantitative estimate of drug-likeness (QED) is 0.516. The molecule has 0 radical (unpaired) electrons. The molecule has 0 saturated carbocycles. The van der Waals surface area contributed by atoms with Crippen LogP contribution in [0, 0.1) is 0 Å². The van der Waals surface area contributed by atoms with Crippen LogP contribution in [0.3, 0.4) is 0 Å². The van der Waals surface area contributed by atoms with E-state index in [-0.39, 0.29) is 11.3 Å². The SMILES string of the molecule is CC1(C)COc2c(S(=O)(=NC(=O)Nc3c4c(cc5c3C[C@H](F)C5)CCC4)Nc3ccccc3)cnn21. The van der Waals surface area contributed by atoms with Crippen molar-refractivity contribution in [2.24, 2.45) is 4.36 Å². The minimum Gasteiger partial charge on any atom is -0.474 e. The highest BCUT2D eigenvalue weighted by Crippen LogP contribution is 2.40. The predicted molar refractivity (Wildman–Crippen MR) is 136 cm³/mol. The number of aromatic nitrogens is 2. The molecule has 2 aliphatic carbocycles. The Morgan fingerprint density at radius 2 is 2.00 bits per heavy atom. The molecule has 2 heterocycles. The lowest BCUT2D eigenvalue weighted by Crippen LogP contribution is -2.26. The van der Waals surface area contributed by atoms with Crippen molar-refractivity contribution >= 4 is 27.3 Å². The van der Waals surface area contributed by atoms with Gasteiger partial charge in [-0.25, -0.2) is 18.1 Å². The van der Waals surface area contributed by atoms with Gasteiger partial charge in [0.15, 0.2) is 9.92 Å². The summed E-state index contributed by atoms with van der Waals surface area (Å²) in [6.07, 6.45) is 3.79. The van der Waals surface area contributed by atoms with Gasteiger partial charge in [0, 0.05) is 24.2 Å². The number of benzene rings is 2. The standard InChI is InChI=1S/C26H28FN5O3S/c1-26(2)15-35-24-22(14-28-32(24)26)36(34,30-19-8-4-3-5-9-19)31-25(33)29-23-20-10-6-7-16(20)11-17-12-18(27)13-21(17)23/h3-5,8-9,11,14,18H,6-7,10,12-13,15H2,1-2H3,(H2,29,30,31,33,34)/t18-,36?/m1/s1. The fraction of sp³-hybridized carbons (Fsp3) is 0.385. The predicted octanol–water partition coefficient (Wildman–Crippen LogP) is 5.02. The van der Waals surface area contributed by atoms with E-state index in [2.05, 4.69) is 25.6 Å². The zero-order valence-electron chi connectivity index (χ0n) is 20.2. The molecule has 2 N–H and O–H groups in total. The molecule has 0 bridgehead atoms. The average molecular weight is 510 g/mol. The molecule has 8 nitrogen and oxygen atoms in total. The lowest BCUT2D eigenvalue weighted by Gasteiger charge is -2.16. The van der Waals surface area contributed by atoms with Crippen LogP contribution in [0.2, 0.25) is 0 Å². The highest BCUT2D eigenvalue weighted by atomic mass is 32.2. The summed E-state index contributed by atoms with van der Waals surface area (Å²) in [4.78, 5) is 13.6. The summed E-state index contributed by atoms with van der Waals surface area (Å²) in [5.41, 5.74) is 4.69. The highest BCUT2D eigenvalue weighted by Gasteiger charge is 2.38. The third-order valence-electron chi connectivity index (χ3n) is 7.07. The van der Waals surface area contributed by atoms with Gasteiger partial charge in [-0.15, -0.1) is 4.36 Å². The maximum atomic E-state index is 14.4.